The average Bonchev–Trinajstić information content (AvgIpc) is 2.48. The highest BCUT2D eigenvalue weighted by Gasteiger charge is 2.20. The monoisotopic (exact) mass is 275 g/mol. The van der Waals surface area contributed by atoms with Crippen molar-refractivity contribution in [2.45, 2.75) is 45.1 Å². The summed E-state index contributed by atoms with van der Waals surface area (Å²) in [5, 5.41) is 3.55. The maximum atomic E-state index is 11.1. The summed E-state index contributed by atoms with van der Waals surface area (Å²) in [7, 11) is 0. The van der Waals surface area contributed by atoms with Crippen molar-refractivity contribution in [3.8, 4) is 0 Å². The number of piperidine rings is 1. The maximum Gasteiger partial charge on any atom is 0.314 e. The van der Waals surface area contributed by atoms with E-state index in [0.29, 0.717) is 12.0 Å². The summed E-state index contributed by atoms with van der Waals surface area (Å²) in [4.78, 5) is 12.8. The number of carbonyl (C=O) groups is 1. The first kappa shape index (κ1) is 14.7. The number of benzene rings is 1. The molecule has 2 amide bonds. The van der Waals surface area contributed by atoms with Crippen LogP contribution in [-0.2, 0) is 0 Å². The van der Waals surface area contributed by atoms with E-state index in [4.69, 9.17) is 5.73 Å². The lowest BCUT2D eigenvalue weighted by Crippen LogP contribution is -2.44. The van der Waals surface area contributed by atoms with Gasteiger partial charge in [0.1, 0.15) is 0 Å². The van der Waals surface area contributed by atoms with E-state index in [0.717, 1.165) is 31.6 Å². The molecule has 1 aliphatic heterocycles. The average molecular weight is 275 g/mol. The van der Waals surface area contributed by atoms with Crippen LogP contribution in [-0.4, -0.2) is 30.1 Å². The number of primary amides is 1. The second-order valence-corrected chi connectivity index (χ2v) is 5.68. The summed E-state index contributed by atoms with van der Waals surface area (Å²) in [5.74, 6) is 0.614. The molecule has 0 spiro atoms. The topological polar surface area (TPSA) is 58.4 Å². The van der Waals surface area contributed by atoms with Gasteiger partial charge in [-0.25, -0.2) is 4.79 Å². The van der Waals surface area contributed by atoms with Crippen LogP contribution < -0.4 is 11.1 Å². The molecule has 3 N–H and O–H groups in total. The minimum absolute atomic E-state index is 0.304. The Hall–Kier alpha value is -1.71. The highest BCUT2D eigenvalue weighted by Crippen LogP contribution is 2.22. The quantitative estimate of drug-likeness (QED) is 0.886. The van der Waals surface area contributed by atoms with Crippen molar-refractivity contribution in [3.05, 3.63) is 29.8 Å². The van der Waals surface area contributed by atoms with Crippen LogP contribution in [0.3, 0.4) is 0 Å². The van der Waals surface area contributed by atoms with E-state index in [1.807, 2.05) is 0 Å². The Morgan fingerprint density at radius 1 is 1.35 bits per heavy atom. The van der Waals surface area contributed by atoms with E-state index in [1.54, 1.807) is 4.90 Å². The lowest BCUT2D eigenvalue weighted by molar-refractivity contribution is 0.193. The van der Waals surface area contributed by atoms with Gasteiger partial charge in [0.2, 0.25) is 0 Å². The van der Waals surface area contributed by atoms with Gasteiger partial charge in [0.15, 0.2) is 0 Å². The first-order chi connectivity index (χ1) is 9.60. The first-order valence-corrected chi connectivity index (χ1v) is 7.51. The molecule has 4 nitrogen and oxygen atoms in total. The predicted molar refractivity (Wildman–Crippen MR) is 82.9 cm³/mol. The van der Waals surface area contributed by atoms with Crippen molar-refractivity contribution in [3.63, 3.8) is 0 Å². The normalized spacial score (nSPS) is 17.8. The number of nitrogens with two attached hydrogens (primary N) is 1. The van der Waals surface area contributed by atoms with Gasteiger partial charge in [-0.2, -0.15) is 0 Å². The highest BCUT2D eigenvalue weighted by atomic mass is 16.2. The van der Waals surface area contributed by atoms with E-state index in [9.17, 15) is 4.79 Å². The standard InChI is InChI=1S/C16H25N3O/c1-3-12(2)13-4-6-14(7-5-13)18-15-8-10-19(11-9-15)16(17)20/h4-7,12,15,18H,3,8-11H2,1-2H3,(H2,17,20). The molecule has 1 aromatic rings. The molecule has 1 unspecified atom stereocenters. The molecule has 20 heavy (non-hydrogen) atoms. The van der Waals surface area contributed by atoms with Gasteiger partial charge in [-0.3, -0.25) is 0 Å². The molecular weight excluding hydrogens is 250 g/mol. The van der Waals surface area contributed by atoms with Crippen molar-refractivity contribution < 1.29 is 4.79 Å². The van der Waals surface area contributed by atoms with Gasteiger partial charge in [-0.1, -0.05) is 26.0 Å². The van der Waals surface area contributed by atoms with Gasteiger partial charge in [-0.15, -0.1) is 0 Å². The van der Waals surface area contributed by atoms with Gasteiger partial charge in [0, 0.05) is 24.8 Å². The Morgan fingerprint density at radius 3 is 2.45 bits per heavy atom. The molecule has 2 rings (SSSR count). The van der Waals surface area contributed by atoms with Crippen molar-refractivity contribution in [2.24, 2.45) is 5.73 Å². The number of likely N-dealkylation sites (tertiary alicyclic amines) is 1. The van der Waals surface area contributed by atoms with Gasteiger partial charge in [0.05, 0.1) is 0 Å². The van der Waals surface area contributed by atoms with E-state index < -0.39 is 0 Å². The fraction of sp³-hybridized carbons (Fsp3) is 0.562. The van der Waals surface area contributed by atoms with Crippen LogP contribution in [0.5, 0.6) is 0 Å². The Bertz CT molecular complexity index is 436. The van der Waals surface area contributed by atoms with E-state index >= 15 is 0 Å². The fourth-order valence-corrected chi connectivity index (χ4v) is 2.62. The zero-order valence-corrected chi connectivity index (χ0v) is 12.4. The third kappa shape index (κ3) is 3.65. The third-order valence-electron chi connectivity index (χ3n) is 4.27. The molecule has 4 heteroatoms. The molecule has 1 aromatic carbocycles. The molecule has 1 saturated heterocycles. The lowest BCUT2D eigenvalue weighted by Gasteiger charge is -2.31. The van der Waals surface area contributed by atoms with Crippen LogP contribution in [0, 0.1) is 0 Å². The van der Waals surface area contributed by atoms with E-state index in [2.05, 4.69) is 43.4 Å². The largest absolute Gasteiger partial charge is 0.382 e. The smallest absolute Gasteiger partial charge is 0.314 e. The first-order valence-electron chi connectivity index (χ1n) is 7.51. The Kier molecular flexibility index (Phi) is 4.88. The summed E-state index contributed by atoms with van der Waals surface area (Å²) in [6.07, 6.45) is 3.07. The van der Waals surface area contributed by atoms with Crippen LogP contribution in [0.1, 0.15) is 44.6 Å². The lowest BCUT2D eigenvalue weighted by atomic mass is 9.98. The summed E-state index contributed by atoms with van der Waals surface area (Å²) < 4.78 is 0. The number of nitrogens with one attached hydrogen (secondary N) is 1. The van der Waals surface area contributed by atoms with Crippen LogP contribution in [0.2, 0.25) is 0 Å². The summed E-state index contributed by atoms with van der Waals surface area (Å²) >= 11 is 0. The van der Waals surface area contributed by atoms with Crippen molar-refractivity contribution in [1.82, 2.24) is 4.90 Å². The molecule has 0 bridgehead atoms. The number of rotatable bonds is 4. The zero-order chi connectivity index (χ0) is 14.5. The number of anilines is 1. The second-order valence-electron chi connectivity index (χ2n) is 5.68. The van der Waals surface area contributed by atoms with Crippen LogP contribution in [0.15, 0.2) is 24.3 Å². The molecule has 1 aliphatic rings. The van der Waals surface area contributed by atoms with Crippen LogP contribution >= 0.6 is 0 Å². The maximum absolute atomic E-state index is 11.1. The second kappa shape index (κ2) is 6.64. The van der Waals surface area contributed by atoms with Gasteiger partial charge >= 0.3 is 6.03 Å². The van der Waals surface area contributed by atoms with Gasteiger partial charge in [-0.05, 0) is 42.9 Å². The van der Waals surface area contributed by atoms with Crippen molar-refractivity contribution in [2.75, 3.05) is 18.4 Å². The summed E-state index contributed by atoms with van der Waals surface area (Å²) in [6.45, 7) is 5.96. The summed E-state index contributed by atoms with van der Waals surface area (Å²) in [6, 6.07) is 8.84. The number of nitrogens with zero attached hydrogens (tertiary/aromatic N) is 1. The predicted octanol–water partition coefficient (Wildman–Crippen LogP) is 3.16. The van der Waals surface area contributed by atoms with E-state index in [-0.39, 0.29) is 6.03 Å². The van der Waals surface area contributed by atoms with E-state index in [1.165, 1.54) is 12.0 Å². The van der Waals surface area contributed by atoms with Crippen molar-refractivity contribution in [1.29, 1.82) is 0 Å². The molecule has 0 saturated carbocycles. The number of hydrogen-bond acceptors (Lipinski definition) is 2. The Balaban J connectivity index is 1.87. The SMILES string of the molecule is CCC(C)c1ccc(NC2CCN(C(N)=O)CC2)cc1. The fourth-order valence-electron chi connectivity index (χ4n) is 2.62. The zero-order valence-electron chi connectivity index (χ0n) is 12.4. The molecule has 110 valence electrons. The molecule has 1 atom stereocenters. The van der Waals surface area contributed by atoms with Crippen LogP contribution in [0.25, 0.3) is 0 Å². The molecular formula is C16H25N3O. The third-order valence-corrected chi connectivity index (χ3v) is 4.27. The minimum Gasteiger partial charge on any atom is -0.382 e. The number of hydrogen-bond donors (Lipinski definition) is 2. The minimum atomic E-state index is -0.304. The Labute approximate surface area is 121 Å². The van der Waals surface area contributed by atoms with Gasteiger partial charge in [0.25, 0.3) is 0 Å². The molecule has 1 fully saturated rings. The van der Waals surface area contributed by atoms with Crippen molar-refractivity contribution >= 4 is 11.7 Å². The van der Waals surface area contributed by atoms with Crippen LogP contribution in [0.4, 0.5) is 10.5 Å². The number of urea groups is 1. The molecule has 1 heterocycles. The van der Waals surface area contributed by atoms with Gasteiger partial charge < -0.3 is 16.0 Å². The highest BCUT2D eigenvalue weighted by molar-refractivity contribution is 5.72. The molecule has 0 radical (unpaired) electrons. The number of carbonyl (C=O) groups excluding carboxylic acids is 1. The summed E-state index contributed by atoms with van der Waals surface area (Å²) in [5.41, 5.74) is 7.84. The molecule has 0 aliphatic carbocycles. The Morgan fingerprint density at radius 2 is 1.95 bits per heavy atom. The molecule has 0 aromatic heterocycles. The number of amides is 2.